The zero-order valence-electron chi connectivity index (χ0n) is 15.2. The van der Waals surface area contributed by atoms with Gasteiger partial charge in [0, 0.05) is 28.6 Å². The van der Waals surface area contributed by atoms with Gasteiger partial charge in [0.15, 0.2) is 11.8 Å². The van der Waals surface area contributed by atoms with Gasteiger partial charge in [0.05, 0.1) is 5.56 Å². The van der Waals surface area contributed by atoms with Crippen molar-refractivity contribution >= 4 is 22.1 Å². The van der Waals surface area contributed by atoms with Crippen LogP contribution < -0.4 is 4.57 Å². The third-order valence-corrected chi connectivity index (χ3v) is 4.70. The summed E-state index contributed by atoms with van der Waals surface area (Å²) < 4.78 is 8.40. The second kappa shape index (κ2) is 5.99. The van der Waals surface area contributed by atoms with Crippen molar-refractivity contribution in [3.8, 4) is 11.3 Å². The molecule has 3 heteroatoms. The molecular weight excluding hydrogens is 308 g/mol. The van der Waals surface area contributed by atoms with Crippen LogP contribution in [0.4, 0.5) is 0 Å². The molecule has 126 valence electrons. The number of pyridine rings is 2. The minimum Gasteiger partial charge on any atom is -0.437 e. The van der Waals surface area contributed by atoms with Gasteiger partial charge in [0.25, 0.3) is 0 Å². The number of hydrogen-bond donors (Lipinski definition) is 0. The maximum Gasteiger partial charge on any atom is 0.227 e. The minimum absolute atomic E-state index is 0.579. The van der Waals surface area contributed by atoms with E-state index in [9.17, 15) is 0 Å². The molecule has 3 aromatic heterocycles. The van der Waals surface area contributed by atoms with E-state index in [0.29, 0.717) is 5.92 Å². The predicted octanol–water partition coefficient (Wildman–Crippen LogP) is 4.98. The predicted molar refractivity (Wildman–Crippen MR) is 101 cm³/mol. The number of aromatic nitrogens is 2. The maximum absolute atomic E-state index is 6.27. The van der Waals surface area contributed by atoms with Crippen LogP contribution in [0.2, 0.25) is 0 Å². The van der Waals surface area contributed by atoms with Gasteiger partial charge in [0.2, 0.25) is 11.4 Å². The Bertz CT molecular complexity index is 1080. The van der Waals surface area contributed by atoms with E-state index in [0.717, 1.165) is 45.4 Å². The molecule has 0 saturated heterocycles. The molecule has 0 atom stereocenters. The molecule has 0 spiro atoms. The molecule has 0 radical (unpaired) electrons. The summed E-state index contributed by atoms with van der Waals surface area (Å²) in [6.45, 7) is 6.55. The third kappa shape index (κ3) is 2.70. The van der Waals surface area contributed by atoms with E-state index in [1.165, 1.54) is 5.56 Å². The SMILES string of the molecule is Cc1ccc2c(oc3nc(CC(C)C)ccc32)c1-c1cccc[n+]1C. The fourth-order valence-electron chi connectivity index (χ4n) is 3.49. The topological polar surface area (TPSA) is 29.9 Å². The van der Waals surface area contributed by atoms with E-state index >= 15 is 0 Å². The van der Waals surface area contributed by atoms with Gasteiger partial charge < -0.3 is 4.42 Å². The van der Waals surface area contributed by atoms with E-state index in [1.807, 2.05) is 6.07 Å². The van der Waals surface area contributed by atoms with Crippen LogP contribution in [0, 0.1) is 12.8 Å². The Labute approximate surface area is 147 Å². The van der Waals surface area contributed by atoms with E-state index in [1.54, 1.807) is 0 Å². The van der Waals surface area contributed by atoms with Crippen molar-refractivity contribution in [2.24, 2.45) is 13.0 Å². The van der Waals surface area contributed by atoms with Gasteiger partial charge in [-0.3, -0.25) is 0 Å². The Morgan fingerprint density at radius 3 is 2.60 bits per heavy atom. The molecule has 0 amide bonds. The van der Waals surface area contributed by atoms with Gasteiger partial charge in [-0.25, -0.2) is 9.55 Å². The molecule has 4 rings (SSSR count). The number of rotatable bonds is 3. The summed E-state index contributed by atoms with van der Waals surface area (Å²) >= 11 is 0. The molecule has 0 bridgehead atoms. The van der Waals surface area contributed by atoms with Crippen LogP contribution in [0.5, 0.6) is 0 Å². The minimum atomic E-state index is 0.579. The molecule has 4 aromatic rings. The summed E-state index contributed by atoms with van der Waals surface area (Å²) in [5.41, 5.74) is 6.24. The standard InChI is InChI=1S/C22H23N2O/c1-14(2)13-16-9-11-18-17-10-8-15(3)20(21(17)25-22(18)23-16)19-7-5-6-12-24(19)4/h5-12,14H,13H2,1-4H3/q+1. The zero-order valence-corrected chi connectivity index (χ0v) is 15.2. The number of furan rings is 1. The van der Waals surface area contributed by atoms with Crippen molar-refractivity contribution in [3.05, 3.63) is 59.9 Å². The van der Waals surface area contributed by atoms with Gasteiger partial charge >= 0.3 is 0 Å². The van der Waals surface area contributed by atoms with Gasteiger partial charge in [0.1, 0.15) is 7.05 Å². The van der Waals surface area contributed by atoms with Crippen molar-refractivity contribution in [2.75, 3.05) is 0 Å². The summed E-state index contributed by atoms with van der Waals surface area (Å²) in [5, 5.41) is 2.21. The van der Waals surface area contributed by atoms with Crippen molar-refractivity contribution in [1.29, 1.82) is 0 Å². The number of fused-ring (bicyclic) bond motifs is 3. The smallest absolute Gasteiger partial charge is 0.227 e. The highest BCUT2D eigenvalue weighted by Gasteiger charge is 2.20. The summed E-state index contributed by atoms with van der Waals surface area (Å²) in [5.74, 6) is 0.579. The van der Waals surface area contributed by atoms with E-state index in [2.05, 4.69) is 75.0 Å². The summed E-state index contributed by atoms with van der Waals surface area (Å²) in [6.07, 6.45) is 3.03. The summed E-state index contributed by atoms with van der Waals surface area (Å²) in [7, 11) is 2.06. The molecule has 25 heavy (non-hydrogen) atoms. The van der Waals surface area contributed by atoms with Crippen LogP contribution in [0.1, 0.15) is 25.1 Å². The largest absolute Gasteiger partial charge is 0.437 e. The van der Waals surface area contributed by atoms with Gasteiger partial charge in [-0.1, -0.05) is 26.0 Å². The summed E-state index contributed by atoms with van der Waals surface area (Å²) in [4.78, 5) is 4.77. The number of benzene rings is 1. The van der Waals surface area contributed by atoms with Gasteiger partial charge in [-0.2, -0.15) is 0 Å². The first-order valence-electron chi connectivity index (χ1n) is 8.81. The fraction of sp³-hybridized carbons (Fsp3) is 0.273. The molecule has 0 saturated carbocycles. The second-order valence-corrected chi connectivity index (χ2v) is 7.19. The summed E-state index contributed by atoms with van der Waals surface area (Å²) in [6, 6.07) is 14.8. The third-order valence-electron chi connectivity index (χ3n) is 4.70. The molecule has 0 unspecified atom stereocenters. The van der Waals surface area contributed by atoms with Crippen LogP contribution in [0.3, 0.4) is 0 Å². The van der Waals surface area contributed by atoms with Crippen LogP contribution in [0.15, 0.2) is 53.1 Å². The first-order chi connectivity index (χ1) is 12.0. The highest BCUT2D eigenvalue weighted by atomic mass is 16.3. The lowest BCUT2D eigenvalue weighted by atomic mass is 10.0. The second-order valence-electron chi connectivity index (χ2n) is 7.19. The maximum atomic E-state index is 6.27. The van der Waals surface area contributed by atoms with Crippen LogP contribution in [0.25, 0.3) is 33.3 Å². The molecule has 0 aliphatic heterocycles. The normalized spacial score (nSPS) is 11.7. The molecule has 3 heterocycles. The Balaban J connectivity index is 2.00. The first-order valence-corrected chi connectivity index (χ1v) is 8.81. The number of aryl methyl sites for hydroxylation is 2. The van der Waals surface area contributed by atoms with Crippen molar-refractivity contribution in [1.82, 2.24) is 4.98 Å². The molecular formula is C22H23N2O+. The van der Waals surface area contributed by atoms with Crippen molar-refractivity contribution < 1.29 is 8.98 Å². The quantitative estimate of drug-likeness (QED) is 0.496. The lowest BCUT2D eigenvalue weighted by Gasteiger charge is -2.04. The van der Waals surface area contributed by atoms with Crippen LogP contribution in [-0.4, -0.2) is 4.98 Å². The van der Waals surface area contributed by atoms with E-state index in [4.69, 9.17) is 9.40 Å². The Morgan fingerprint density at radius 1 is 1.04 bits per heavy atom. The number of hydrogen-bond acceptors (Lipinski definition) is 2. The average Bonchev–Trinajstić information content (AvgIpc) is 2.93. The molecule has 0 N–H and O–H groups in total. The van der Waals surface area contributed by atoms with Crippen molar-refractivity contribution in [2.45, 2.75) is 27.2 Å². The number of nitrogens with zero attached hydrogens (tertiary/aromatic N) is 2. The molecule has 1 aromatic carbocycles. The zero-order chi connectivity index (χ0) is 17.6. The molecule has 0 fully saturated rings. The Kier molecular flexibility index (Phi) is 3.79. The average molecular weight is 331 g/mol. The lowest BCUT2D eigenvalue weighted by molar-refractivity contribution is -0.660. The molecule has 0 aliphatic rings. The van der Waals surface area contributed by atoms with Gasteiger partial charge in [-0.15, -0.1) is 0 Å². The highest BCUT2D eigenvalue weighted by molar-refractivity contribution is 6.08. The van der Waals surface area contributed by atoms with Crippen LogP contribution in [-0.2, 0) is 13.5 Å². The Morgan fingerprint density at radius 2 is 1.84 bits per heavy atom. The lowest BCUT2D eigenvalue weighted by Crippen LogP contribution is -2.30. The molecule has 0 aliphatic carbocycles. The van der Waals surface area contributed by atoms with E-state index < -0.39 is 0 Å². The first kappa shape index (κ1) is 15.8. The fourth-order valence-corrected chi connectivity index (χ4v) is 3.49. The van der Waals surface area contributed by atoms with Crippen LogP contribution >= 0.6 is 0 Å². The van der Waals surface area contributed by atoms with Gasteiger partial charge in [-0.05, 0) is 43.0 Å². The molecule has 3 nitrogen and oxygen atoms in total. The van der Waals surface area contributed by atoms with E-state index in [-0.39, 0.29) is 0 Å². The monoisotopic (exact) mass is 331 g/mol. The van der Waals surface area contributed by atoms with Crippen molar-refractivity contribution in [3.63, 3.8) is 0 Å². The highest BCUT2D eigenvalue weighted by Crippen LogP contribution is 2.36. The Hall–Kier alpha value is -2.68.